The van der Waals surface area contributed by atoms with Crippen molar-refractivity contribution >= 4 is 34.1 Å². The molecule has 2 aliphatic heterocycles. The Morgan fingerprint density at radius 1 is 1.14 bits per heavy atom. The number of Topliss-reactive ketones (excluding diaryl/α,β-unsaturated/α-hetero) is 1. The summed E-state index contributed by atoms with van der Waals surface area (Å²) in [4.78, 5) is 46.9. The molecule has 2 amide bonds. The highest BCUT2D eigenvalue weighted by Gasteiger charge is 2.30. The van der Waals surface area contributed by atoms with Crippen molar-refractivity contribution in [3.05, 3.63) is 35.2 Å². The molecular weight excluding hydrogens is 490 g/mol. The molecule has 2 atom stereocenters. The molecule has 1 aromatic heterocycles. The van der Waals surface area contributed by atoms with Crippen molar-refractivity contribution in [3.8, 4) is 11.3 Å². The number of hydrogen-bond donors (Lipinski definition) is 2. The number of carbonyl (C=O) groups excluding carboxylic acids is 3. The van der Waals surface area contributed by atoms with Crippen molar-refractivity contribution in [2.24, 2.45) is 5.92 Å². The maximum Gasteiger partial charge on any atom is 0.251 e. The SMILES string of the molecule is CC.CC(C)C[C@H](NC(=O)c1ccc(-c2csc(N3CCN(C)CC3)n2)cc1)C(=O)N[C@H]1COCC1=O. The molecule has 37 heavy (non-hydrogen) atoms. The van der Waals surface area contributed by atoms with E-state index < -0.39 is 12.1 Å². The summed E-state index contributed by atoms with van der Waals surface area (Å²) in [5.74, 6) is -0.668. The number of ketones is 1. The molecule has 1 aromatic carbocycles. The van der Waals surface area contributed by atoms with Gasteiger partial charge in [-0.25, -0.2) is 4.98 Å². The molecule has 2 aromatic rings. The van der Waals surface area contributed by atoms with Crippen LogP contribution in [0.5, 0.6) is 0 Å². The van der Waals surface area contributed by atoms with Crippen molar-refractivity contribution < 1.29 is 19.1 Å². The lowest BCUT2D eigenvalue weighted by Gasteiger charge is -2.32. The first kappa shape index (κ1) is 28.7. The number of thiazole rings is 1. The molecule has 0 spiro atoms. The van der Waals surface area contributed by atoms with E-state index in [0.717, 1.165) is 42.6 Å². The van der Waals surface area contributed by atoms with Gasteiger partial charge in [0.25, 0.3) is 5.91 Å². The summed E-state index contributed by atoms with van der Waals surface area (Å²) in [7, 11) is 2.13. The van der Waals surface area contributed by atoms with E-state index in [0.29, 0.717) is 12.0 Å². The molecule has 9 nitrogen and oxygen atoms in total. The third-order valence-corrected chi connectivity index (χ3v) is 7.17. The number of likely N-dealkylation sites (N-methyl/N-ethyl adjacent to an activating group) is 1. The summed E-state index contributed by atoms with van der Waals surface area (Å²) in [6.45, 7) is 12.1. The molecule has 3 heterocycles. The number of anilines is 1. The average molecular weight is 530 g/mol. The molecule has 202 valence electrons. The molecule has 2 fully saturated rings. The van der Waals surface area contributed by atoms with E-state index in [1.165, 1.54) is 0 Å². The standard InChI is InChI=1S/C25H33N5O4S.C2H6/c1-16(2)12-19(24(33)27-20-13-34-14-22(20)31)26-23(32)18-6-4-17(5-7-18)21-15-35-25(28-21)30-10-8-29(3)9-11-30;1-2/h4-7,15-16,19-20H,8-14H2,1-3H3,(H,26,32)(H,27,33);1-2H3/t19-,20-;/m0./s1. The topological polar surface area (TPSA) is 104 Å². The van der Waals surface area contributed by atoms with E-state index >= 15 is 0 Å². The molecule has 2 aliphatic rings. The van der Waals surface area contributed by atoms with Gasteiger partial charge < -0.3 is 25.2 Å². The quantitative estimate of drug-likeness (QED) is 0.542. The van der Waals surface area contributed by atoms with E-state index in [-0.39, 0.29) is 36.7 Å². The van der Waals surface area contributed by atoms with Gasteiger partial charge in [0.05, 0.1) is 12.3 Å². The van der Waals surface area contributed by atoms with E-state index in [1.54, 1.807) is 23.5 Å². The molecule has 0 radical (unpaired) electrons. The van der Waals surface area contributed by atoms with E-state index in [2.05, 4.69) is 27.5 Å². The van der Waals surface area contributed by atoms with Crippen LogP contribution in [0.2, 0.25) is 0 Å². The lowest BCUT2D eigenvalue weighted by molar-refractivity contribution is -0.127. The van der Waals surface area contributed by atoms with Crippen LogP contribution in [0, 0.1) is 5.92 Å². The molecule has 2 N–H and O–H groups in total. The number of ether oxygens (including phenoxy) is 1. The van der Waals surface area contributed by atoms with Crippen LogP contribution in [0.1, 0.15) is 44.5 Å². The van der Waals surface area contributed by atoms with Gasteiger partial charge in [-0.2, -0.15) is 0 Å². The Kier molecular flexibility index (Phi) is 10.6. The van der Waals surface area contributed by atoms with Crippen LogP contribution in [0.3, 0.4) is 0 Å². The van der Waals surface area contributed by atoms with Crippen LogP contribution >= 0.6 is 11.3 Å². The van der Waals surface area contributed by atoms with Gasteiger partial charge in [-0.3, -0.25) is 14.4 Å². The molecule has 0 bridgehead atoms. The van der Waals surface area contributed by atoms with Gasteiger partial charge in [0.2, 0.25) is 5.91 Å². The Morgan fingerprint density at radius 2 is 1.81 bits per heavy atom. The summed E-state index contributed by atoms with van der Waals surface area (Å²) in [5.41, 5.74) is 2.29. The summed E-state index contributed by atoms with van der Waals surface area (Å²) in [6.07, 6.45) is 0.464. The Bertz CT molecular complexity index is 1050. The van der Waals surface area contributed by atoms with Crippen molar-refractivity contribution in [1.29, 1.82) is 0 Å². The Balaban J connectivity index is 0.00000186. The molecule has 0 saturated carbocycles. The number of aromatic nitrogens is 1. The van der Waals surface area contributed by atoms with Crippen molar-refractivity contribution in [3.63, 3.8) is 0 Å². The summed E-state index contributed by atoms with van der Waals surface area (Å²) in [6, 6.07) is 5.87. The highest BCUT2D eigenvalue weighted by Crippen LogP contribution is 2.28. The minimum absolute atomic E-state index is 0.00829. The van der Waals surface area contributed by atoms with Gasteiger partial charge in [0.15, 0.2) is 10.9 Å². The summed E-state index contributed by atoms with van der Waals surface area (Å²) < 4.78 is 5.11. The molecule has 2 saturated heterocycles. The second-order valence-electron chi connectivity index (χ2n) is 9.58. The van der Waals surface area contributed by atoms with E-state index in [1.807, 2.05) is 45.2 Å². The molecule has 0 aliphatic carbocycles. The number of rotatable bonds is 8. The van der Waals surface area contributed by atoms with Crippen LogP contribution in [-0.2, 0) is 14.3 Å². The van der Waals surface area contributed by atoms with Crippen LogP contribution < -0.4 is 15.5 Å². The van der Waals surface area contributed by atoms with Gasteiger partial charge in [0, 0.05) is 42.7 Å². The fourth-order valence-corrected chi connectivity index (χ4v) is 5.03. The zero-order valence-corrected chi connectivity index (χ0v) is 23.3. The average Bonchev–Trinajstić information content (AvgIpc) is 3.54. The first-order valence-electron chi connectivity index (χ1n) is 13.0. The minimum atomic E-state index is -0.736. The van der Waals surface area contributed by atoms with Crippen molar-refractivity contribution in [2.75, 3.05) is 51.3 Å². The van der Waals surface area contributed by atoms with E-state index in [9.17, 15) is 14.4 Å². The van der Waals surface area contributed by atoms with Crippen molar-refractivity contribution in [1.82, 2.24) is 20.5 Å². The van der Waals surface area contributed by atoms with Crippen LogP contribution in [0.4, 0.5) is 5.13 Å². The fourth-order valence-electron chi connectivity index (χ4n) is 4.14. The fraction of sp³-hybridized carbons (Fsp3) is 0.556. The van der Waals surface area contributed by atoms with Gasteiger partial charge >= 0.3 is 0 Å². The molecule has 0 unspecified atom stereocenters. The smallest absolute Gasteiger partial charge is 0.251 e. The second-order valence-corrected chi connectivity index (χ2v) is 10.4. The minimum Gasteiger partial charge on any atom is -0.371 e. The van der Waals surface area contributed by atoms with Crippen LogP contribution in [-0.4, -0.2) is 86.0 Å². The maximum atomic E-state index is 12.9. The maximum absolute atomic E-state index is 12.9. The zero-order valence-electron chi connectivity index (χ0n) is 22.5. The molecular formula is C27H39N5O4S. The number of nitrogens with one attached hydrogen (secondary N) is 2. The zero-order chi connectivity index (χ0) is 26.9. The first-order chi connectivity index (χ1) is 17.8. The third-order valence-electron chi connectivity index (χ3n) is 6.27. The van der Waals surface area contributed by atoms with Gasteiger partial charge in [0.1, 0.15) is 18.7 Å². The van der Waals surface area contributed by atoms with Gasteiger partial charge in [-0.1, -0.05) is 39.8 Å². The summed E-state index contributed by atoms with van der Waals surface area (Å²) in [5, 5.41) is 8.61. The number of hydrogen-bond acceptors (Lipinski definition) is 8. The first-order valence-corrected chi connectivity index (χ1v) is 13.9. The number of piperazine rings is 1. The lowest BCUT2D eigenvalue weighted by Crippen LogP contribution is -2.52. The number of amides is 2. The van der Waals surface area contributed by atoms with E-state index in [4.69, 9.17) is 9.72 Å². The monoisotopic (exact) mass is 529 g/mol. The van der Waals surface area contributed by atoms with Gasteiger partial charge in [-0.15, -0.1) is 11.3 Å². The van der Waals surface area contributed by atoms with Gasteiger partial charge in [-0.05, 0) is 31.5 Å². The molecule has 4 rings (SSSR count). The highest BCUT2D eigenvalue weighted by atomic mass is 32.1. The normalized spacial score (nSPS) is 18.8. The predicted molar refractivity (Wildman–Crippen MR) is 147 cm³/mol. The second kappa shape index (κ2) is 13.6. The Hall–Kier alpha value is -2.82. The number of carbonyl (C=O) groups is 3. The largest absolute Gasteiger partial charge is 0.371 e. The van der Waals surface area contributed by atoms with Crippen molar-refractivity contribution in [2.45, 2.75) is 46.2 Å². The summed E-state index contributed by atoms with van der Waals surface area (Å²) >= 11 is 1.63. The van der Waals surface area contributed by atoms with Crippen LogP contribution in [0.15, 0.2) is 29.6 Å². The lowest BCUT2D eigenvalue weighted by atomic mass is 10.0. The third kappa shape index (κ3) is 7.83. The number of benzene rings is 1. The highest BCUT2D eigenvalue weighted by molar-refractivity contribution is 7.14. The molecule has 10 heteroatoms. The Labute approximate surface area is 223 Å². The Morgan fingerprint density at radius 3 is 2.41 bits per heavy atom. The number of nitrogens with zero attached hydrogens (tertiary/aromatic N) is 3. The predicted octanol–water partition coefficient (Wildman–Crippen LogP) is 2.82. The van der Waals surface area contributed by atoms with Crippen LogP contribution in [0.25, 0.3) is 11.3 Å².